The lowest BCUT2D eigenvalue weighted by Gasteiger charge is -2.15. The van der Waals surface area contributed by atoms with Crippen LogP contribution in [0.3, 0.4) is 0 Å². The highest BCUT2D eigenvalue weighted by Crippen LogP contribution is 2.29. The fourth-order valence-corrected chi connectivity index (χ4v) is 3.04. The third-order valence-electron chi connectivity index (χ3n) is 3.26. The third kappa shape index (κ3) is 3.62. The summed E-state index contributed by atoms with van der Waals surface area (Å²) in [5, 5.41) is 3.41. The van der Waals surface area contributed by atoms with Crippen LogP contribution < -0.4 is 10.2 Å². The van der Waals surface area contributed by atoms with Crippen molar-refractivity contribution in [3.8, 4) is 0 Å². The van der Waals surface area contributed by atoms with Crippen molar-refractivity contribution in [2.45, 2.75) is 6.54 Å². The van der Waals surface area contributed by atoms with Crippen molar-refractivity contribution in [1.82, 2.24) is 15.3 Å². The van der Waals surface area contributed by atoms with Crippen molar-refractivity contribution in [1.29, 1.82) is 0 Å². The van der Waals surface area contributed by atoms with Gasteiger partial charge in [0.2, 0.25) is 5.91 Å². The van der Waals surface area contributed by atoms with Gasteiger partial charge in [0.1, 0.15) is 11.3 Å². The van der Waals surface area contributed by atoms with Gasteiger partial charge in [0, 0.05) is 13.2 Å². The molecule has 118 valence electrons. The topological polar surface area (TPSA) is 58.1 Å². The number of anilines is 1. The fraction of sp³-hybridized carbons (Fsp3) is 0.188. The number of nitrogens with zero attached hydrogens (tertiary/aromatic N) is 3. The highest BCUT2D eigenvalue weighted by molar-refractivity contribution is 7.22. The molecule has 2 aromatic heterocycles. The molecular weight excluding hydrogens is 315 g/mol. The van der Waals surface area contributed by atoms with Crippen LogP contribution in [0.15, 0.2) is 42.6 Å². The predicted molar refractivity (Wildman–Crippen MR) is 88.9 cm³/mol. The smallest absolute Gasteiger partial charge is 0.239 e. The Hall–Kier alpha value is -2.54. The first kappa shape index (κ1) is 15.4. The SMILES string of the molecule is CN(CC(=O)NCc1ccccn1)c1nc2c(F)cccc2s1. The van der Waals surface area contributed by atoms with Gasteiger partial charge in [0.05, 0.1) is 23.5 Å². The molecule has 23 heavy (non-hydrogen) atoms. The van der Waals surface area contributed by atoms with Gasteiger partial charge in [-0.1, -0.05) is 23.5 Å². The predicted octanol–water partition coefficient (Wildman–Crippen LogP) is 2.58. The number of likely N-dealkylation sites (N-methyl/N-ethyl adjacent to an activating group) is 1. The first-order valence-corrected chi connectivity index (χ1v) is 7.88. The standard InChI is InChI=1S/C16H15FN4OS/c1-21(10-14(22)19-9-11-5-2-3-8-18-11)16-20-15-12(17)6-4-7-13(15)23-16/h2-8H,9-10H2,1H3,(H,19,22). The minimum atomic E-state index is -0.349. The van der Waals surface area contributed by atoms with E-state index in [-0.39, 0.29) is 18.3 Å². The number of thiazole rings is 1. The Balaban J connectivity index is 1.62. The van der Waals surface area contributed by atoms with Crippen molar-refractivity contribution in [3.05, 3.63) is 54.1 Å². The molecule has 5 nitrogen and oxygen atoms in total. The summed E-state index contributed by atoms with van der Waals surface area (Å²) in [6.07, 6.45) is 1.68. The van der Waals surface area contributed by atoms with E-state index in [2.05, 4.69) is 15.3 Å². The quantitative estimate of drug-likeness (QED) is 0.781. The van der Waals surface area contributed by atoms with Crippen LogP contribution in [0, 0.1) is 5.82 Å². The lowest BCUT2D eigenvalue weighted by Crippen LogP contribution is -2.34. The van der Waals surface area contributed by atoms with Crippen LogP contribution in [-0.2, 0) is 11.3 Å². The number of aromatic nitrogens is 2. The number of pyridine rings is 1. The van der Waals surface area contributed by atoms with Gasteiger partial charge in [-0.3, -0.25) is 9.78 Å². The summed E-state index contributed by atoms with van der Waals surface area (Å²) in [6, 6.07) is 10.4. The highest BCUT2D eigenvalue weighted by atomic mass is 32.1. The molecule has 0 aliphatic carbocycles. The maximum atomic E-state index is 13.7. The molecule has 1 N–H and O–H groups in total. The van der Waals surface area contributed by atoms with Crippen LogP contribution in [0.1, 0.15) is 5.69 Å². The van der Waals surface area contributed by atoms with Crippen LogP contribution in [0.4, 0.5) is 9.52 Å². The van der Waals surface area contributed by atoms with E-state index in [1.807, 2.05) is 24.3 Å². The van der Waals surface area contributed by atoms with Crippen LogP contribution in [0.5, 0.6) is 0 Å². The van der Waals surface area contributed by atoms with Gasteiger partial charge in [0.25, 0.3) is 0 Å². The van der Waals surface area contributed by atoms with Crippen molar-refractivity contribution < 1.29 is 9.18 Å². The molecule has 0 spiro atoms. The van der Waals surface area contributed by atoms with Gasteiger partial charge in [0.15, 0.2) is 5.13 Å². The van der Waals surface area contributed by atoms with E-state index < -0.39 is 0 Å². The Morgan fingerprint density at radius 3 is 2.91 bits per heavy atom. The van der Waals surface area contributed by atoms with Gasteiger partial charge in [-0.25, -0.2) is 9.37 Å². The largest absolute Gasteiger partial charge is 0.349 e. The van der Waals surface area contributed by atoms with Crippen LogP contribution in [0.25, 0.3) is 10.2 Å². The van der Waals surface area contributed by atoms with Crippen LogP contribution in [0.2, 0.25) is 0 Å². The molecule has 0 aliphatic rings. The zero-order chi connectivity index (χ0) is 16.2. The van der Waals surface area contributed by atoms with Gasteiger partial charge in [-0.05, 0) is 24.3 Å². The molecule has 0 saturated heterocycles. The Kier molecular flexibility index (Phi) is 4.47. The summed E-state index contributed by atoms with van der Waals surface area (Å²) in [6.45, 7) is 0.524. The molecule has 1 aromatic carbocycles. The van der Waals surface area contributed by atoms with Gasteiger partial charge >= 0.3 is 0 Å². The minimum absolute atomic E-state index is 0.141. The zero-order valence-corrected chi connectivity index (χ0v) is 13.3. The average molecular weight is 330 g/mol. The van der Waals surface area contributed by atoms with Gasteiger partial charge < -0.3 is 10.2 Å². The summed E-state index contributed by atoms with van der Waals surface area (Å²) in [5.41, 5.74) is 1.14. The van der Waals surface area contributed by atoms with Crippen LogP contribution in [-0.4, -0.2) is 29.5 Å². The molecule has 0 saturated carbocycles. The fourth-order valence-electron chi connectivity index (χ4n) is 2.10. The lowest BCUT2D eigenvalue weighted by atomic mass is 10.3. The van der Waals surface area contributed by atoms with E-state index in [9.17, 15) is 9.18 Å². The van der Waals surface area contributed by atoms with E-state index >= 15 is 0 Å². The van der Waals surface area contributed by atoms with Crippen molar-refractivity contribution in [2.24, 2.45) is 0 Å². The Morgan fingerprint density at radius 2 is 2.17 bits per heavy atom. The number of amides is 1. The Morgan fingerprint density at radius 1 is 1.30 bits per heavy atom. The van der Waals surface area contributed by atoms with Crippen molar-refractivity contribution in [3.63, 3.8) is 0 Å². The third-order valence-corrected chi connectivity index (χ3v) is 4.39. The summed E-state index contributed by atoms with van der Waals surface area (Å²) in [4.78, 5) is 22.1. The Bertz CT molecular complexity index is 821. The zero-order valence-electron chi connectivity index (χ0n) is 12.5. The second-order valence-corrected chi connectivity index (χ2v) is 6.05. The second kappa shape index (κ2) is 6.70. The summed E-state index contributed by atoms with van der Waals surface area (Å²) in [7, 11) is 1.76. The van der Waals surface area contributed by atoms with E-state index in [0.717, 1.165) is 10.4 Å². The molecule has 3 rings (SSSR count). The Labute approximate surface area is 136 Å². The monoisotopic (exact) mass is 330 g/mol. The van der Waals surface area contributed by atoms with Crippen LogP contribution >= 0.6 is 11.3 Å². The number of nitrogens with one attached hydrogen (secondary N) is 1. The van der Waals surface area contributed by atoms with Gasteiger partial charge in [-0.15, -0.1) is 0 Å². The number of benzene rings is 1. The molecule has 2 heterocycles. The maximum absolute atomic E-state index is 13.7. The number of rotatable bonds is 5. The van der Waals surface area contributed by atoms with Gasteiger partial charge in [-0.2, -0.15) is 0 Å². The number of hydrogen-bond acceptors (Lipinski definition) is 5. The average Bonchev–Trinajstić information content (AvgIpc) is 3.00. The lowest BCUT2D eigenvalue weighted by molar-refractivity contribution is -0.119. The molecule has 3 aromatic rings. The summed E-state index contributed by atoms with van der Waals surface area (Å²) >= 11 is 1.36. The van der Waals surface area contributed by atoms with E-state index in [1.54, 1.807) is 24.2 Å². The number of carbonyl (C=O) groups excluding carboxylic acids is 1. The number of fused-ring (bicyclic) bond motifs is 1. The number of carbonyl (C=O) groups is 1. The summed E-state index contributed by atoms with van der Waals surface area (Å²) in [5.74, 6) is -0.490. The normalized spacial score (nSPS) is 10.7. The molecular formula is C16H15FN4OS. The highest BCUT2D eigenvalue weighted by Gasteiger charge is 2.13. The number of hydrogen-bond donors (Lipinski definition) is 1. The number of para-hydroxylation sites is 1. The molecule has 1 amide bonds. The molecule has 7 heteroatoms. The molecule has 0 atom stereocenters. The maximum Gasteiger partial charge on any atom is 0.239 e. The molecule has 0 radical (unpaired) electrons. The minimum Gasteiger partial charge on any atom is -0.349 e. The molecule has 0 aliphatic heterocycles. The molecule has 0 unspecified atom stereocenters. The summed E-state index contributed by atoms with van der Waals surface area (Å²) < 4.78 is 14.4. The first-order chi connectivity index (χ1) is 11.1. The van der Waals surface area contributed by atoms with E-state index in [0.29, 0.717) is 17.2 Å². The van der Waals surface area contributed by atoms with E-state index in [4.69, 9.17) is 0 Å². The van der Waals surface area contributed by atoms with E-state index in [1.165, 1.54) is 17.4 Å². The molecule has 0 fully saturated rings. The number of halogens is 1. The second-order valence-electron chi connectivity index (χ2n) is 5.04. The molecule has 0 bridgehead atoms. The van der Waals surface area contributed by atoms with Crippen molar-refractivity contribution >= 4 is 32.6 Å². The van der Waals surface area contributed by atoms with Crippen molar-refractivity contribution in [2.75, 3.05) is 18.5 Å². The first-order valence-electron chi connectivity index (χ1n) is 7.06.